The highest BCUT2D eigenvalue weighted by atomic mass is 35.5. The number of rotatable bonds is 3. The van der Waals surface area contributed by atoms with E-state index in [0.717, 1.165) is 10.7 Å². The maximum absolute atomic E-state index is 13.0. The van der Waals surface area contributed by atoms with Gasteiger partial charge in [0.2, 0.25) is 5.91 Å². The van der Waals surface area contributed by atoms with E-state index in [4.69, 9.17) is 23.2 Å². The topological polar surface area (TPSA) is 64.0 Å². The second-order valence-electron chi connectivity index (χ2n) is 3.83. The Bertz CT molecular complexity index is 718. The first-order chi connectivity index (χ1) is 9.47. The lowest BCUT2D eigenvalue weighted by molar-refractivity contribution is -0.117. The minimum absolute atomic E-state index is 0.0125. The van der Waals surface area contributed by atoms with Gasteiger partial charge in [-0.05, 0) is 18.2 Å². The van der Waals surface area contributed by atoms with Crippen LogP contribution >= 0.6 is 23.2 Å². The third-order valence-corrected chi connectivity index (χ3v) is 3.09. The number of hydrogen-bond acceptors (Lipinski definition) is 3. The van der Waals surface area contributed by atoms with Crippen LogP contribution in [0.5, 0.6) is 0 Å². The number of carbonyl (C=O) groups is 1. The van der Waals surface area contributed by atoms with Crippen molar-refractivity contribution in [2.75, 3.05) is 5.32 Å². The molecular weight excluding hydrogens is 308 g/mol. The zero-order valence-corrected chi connectivity index (χ0v) is 11.5. The Kier molecular flexibility index (Phi) is 4.36. The first-order valence-corrected chi connectivity index (χ1v) is 6.19. The Morgan fingerprint density at radius 2 is 2.15 bits per heavy atom. The van der Waals surface area contributed by atoms with Gasteiger partial charge < -0.3 is 5.32 Å². The molecule has 2 aromatic rings. The minimum Gasteiger partial charge on any atom is -0.324 e. The molecule has 1 aromatic heterocycles. The Morgan fingerprint density at radius 1 is 1.40 bits per heavy atom. The van der Waals surface area contributed by atoms with Gasteiger partial charge in [0.15, 0.2) is 0 Å². The van der Waals surface area contributed by atoms with Gasteiger partial charge in [-0.15, -0.1) is 0 Å². The number of halogens is 3. The predicted octanol–water partition coefficient (Wildman–Crippen LogP) is 2.33. The number of amides is 1. The van der Waals surface area contributed by atoms with E-state index in [2.05, 4.69) is 10.4 Å². The molecule has 0 unspecified atom stereocenters. The van der Waals surface area contributed by atoms with Gasteiger partial charge in [-0.3, -0.25) is 9.59 Å². The third kappa shape index (κ3) is 3.34. The molecule has 0 bridgehead atoms. The first-order valence-electron chi connectivity index (χ1n) is 5.44. The summed E-state index contributed by atoms with van der Waals surface area (Å²) in [5, 5.41) is 5.93. The van der Waals surface area contributed by atoms with Crippen LogP contribution in [0.1, 0.15) is 0 Å². The Hall–Kier alpha value is -1.92. The average Bonchev–Trinajstić information content (AvgIpc) is 2.39. The molecule has 0 aliphatic carbocycles. The molecule has 0 fully saturated rings. The molecule has 104 valence electrons. The van der Waals surface area contributed by atoms with Gasteiger partial charge >= 0.3 is 0 Å². The molecule has 1 heterocycles. The number of aromatic nitrogens is 2. The standard InChI is InChI=1S/C12H8Cl2FN3O2/c13-9-5-16-18(12(20)11(9)14)6-10(19)17-8-3-1-2-7(15)4-8/h1-5H,6H2,(H,17,19). The molecule has 5 nitrogen and oxygen atoms in total. The third-order valence-electron chi connectivity index (χ3n) is 2.34. The molecule has 0 aliphatic rings. The van der Waals surface area contributed by atoms with Gasteiger partial charge in [-0.1, -0.05) is 29.3 Å². The molecule has 20 heavy (non-hydrogen) atoms. The van der Waals surface area contributed by atoms with Gasteiger partial charge in [0.05, 0.1) is 11.2 Å². The van der Waals surface area contributed by atoms with Crippen LogP contribution in [0.25, 0.3) is 0 Å². The fourth-order valence-electron chi connectivity index (χ4n) is 1.46. The van der Waals surface area contributed by atoms with Crippen molar-refractivity contribution >= 4 is 34.8 Å². The van der Waals surface area contributed by atoms with Crippen molar-refractivity contribution < 1.29 is 9.18 Å². The number of hydrogen-bond donors (Lipinski definition) is 1. The van der Waals surface area contributed by atoms with E-state index in [1.54, 1.807) is 0 Å². The highest BCUT2D eigenvalue weighted by Crippen LogP contribution is 2.14. The minimum atomic E-state index is -0.673. The van der Waals surface area contributed by atoms with Crippen molar-refractivity contribution in [1.82, 2.24) is 9.78 Å². The van der Waals surface area contributed by atoms with Crippen LogP contribution < -0.4 is 10.9 Å². The van der Waals surface area contributed by atoms with Crippen LogP contribution in [0.2, 0.25) is 10.0 Å². The van der Waals surface area contributed by atoms with Crippen LogP contribution in [0.4, 0.5) is 10.1 Å². The molecule has 2 rings (SSSR count). The molecule has 0 atom stereocenters. The summed E-state index contributed by atoms with van der Waals surface area (Å²) in [6, 6.07) is 5.38. The summed E-state index contributed by atoms with van der Waals surface area (Å²) in [6.07, 6.45) is 1.17. The van der Waals surface area contributed by atoms with Crippen LogP contribution in [0, 0.1) is 5.82 Å². The van der Waals surface area contributed by atoms with Crippen LogP contribution in [-0.2, 0) is 11.3 Å². The normalized spacial score (nSPS) is 10.3. The van der Waals surface area contributed by atoms with Crippen molar-refractivity contribution in [2.45, 2.75) is 6.54 Å². The van der Waals surface area contributed by atoms with E-state index in [1.807, 2.05) is 0 Å². The lowest BCUT2D eigenvalue weighted by Crippen LogP contribution is -2.29. The fourth-order valence-corrected chi connectivity index (χ4v) is 1.73. The quantitative estimate of drug-likeness (QED) is 0.945. The maximum Gasteiger partial charge on any atom is 0.287 e. The monoisotopic (exact) mass is 315 g/mol. The van der Waals surface area contributed by atoms with Crippen LogP contribution in [0.15, 0.2) is 35.3 Å². The number of carbonyl (C=O) groups excluding carboxylic acids is 1. The van der Waals surface area contributed by atoms with E-state index >= 15 is 0 Å². The largest absolute Gasteiger partial charge is 0.324 e. The van der Waals surface area contributed by atoms with Crippen molar-refractivity contribution in [3.05, 3.63) is 56.7 Å². The summed E-state index contributed by atoms with van der Waals surface area (Å²) in [4.78, 5) is 23.4. The number of benzene rings is 1. The number of nitrogens with zero attached hydrogens (tertiary/aromatic N) is 2. The average molecular weight is 316 g/mol. The predicted molar refractivity (Wildman–Crippen MR) is 73.5 cm³/mol. The summed E-state index contributed by atoms with van der Waals surface area (Å²) in [5.41, 5.74) is -0.392. The van der Waals surface area contributed by atoms with Gasteiger partial charge in [0.25, 0.3) is 5.56 Å². The molecule has 0 saturated carbocycles. The van der Waals surface area contributed by atoms with Crippen molar-refractivity contribution in [1.29, 1.82) is 0 Å². The summed E-state index contributed by atoms with van der Waals surface area (Å²) in [6.45, 7) is -0.355. The van der Waals surface area contributed by atoms with Gasteiger partial charge in [-0.2, -0.15) is 5.10 Å². The summed E-state index contributed by atoms with van der Waals surface area (Å²) >= 11 is 11.3. The zero-order chi connectivity index (χ0) is 14.7. The molecule has 1 amide bonds. The Labute approximate surface area is 122 Å². The van der Waals surface area contributed by atoms with Crippen molar-refractivity contribution in [3.8, 4) is 0 Å². The second kappa shape index (κ2) is 6.02. The van der Waals surface area contributed by atoms with Gasteiger partial charge in [0.1, 0.15) is 17.4 Å². The molecular formula is C12H8Cl2FN3O2. The molecule has 0 spiro atoms. The molecule has 0 saturated heterocycles. The SMILES string of the molecule is O=C(Cn1ncc(Cl)c(Cl)c1=O)Nc1cccc(F)c1. The Balaban J connectivity index is 2.13. The molecule has 0 aliphatic heterocycles. The molecule has 0 radical (unpaired) electrons. The number of nitrogens with one attached hydrogen (secondary N) is 1. The van der Waals surface area contributed by atoms with Crippen LogP contribution in [-0.4, -0.2) is 15.7 Å². The first kappa shape index (κ1) is 14.5. The zero-order valence-electron chi connectivity index (χ0n) is 9.94. The lowest BCUT2D eigenvalue weighted by atomic mass is 10.3. The maximum atomic E-state index is 13.0. The van der Waals surface area contributed by atoms with Gasteiger partial charge in [0, 0.05) is 5.69 Å². The van der Waals surface area contributed by atoms with Crippen LogP contribution in [0.3, 0.4) is 0 Å². The number of anilines is 1. The van der Waals surface area contributed by atoms with E-state index in [0.29, 0.717) is 0 Å². The molecule has 1 aromatic carbocycles. The van der Waals surface area contributed by atoms with E-state index in [-0.39, 0.29) is 22.3 Å². The lowest BCUT2D eigenvalue weighted by Gasteiger charge is -2.07. The van der Waals surface area contributed by atoms with Gasteiger partial charge in [-0.25, -0.2) is 9.07 Å². The fraction of sp³-hybridized carbons (Fsp3) is 0.0833. The van der Waals surface area contributed by atoms with Crippen molar-refractivity contribution in [3.63, 3.8) is 0 Å². The summed E-state index contributed by atoms with van der Waals surface area (Å²) in [5.74, 6) is -1.02. The van der Waals surface area contributed by atoms with E-state index < -0.39 is 17.3 Å². The Morgan fingerprint density at radius 3 is 2.85 bits per heavy atom. The molecule has 1 N–H and O–H groups in total. The summed E-state index contributed by atoms with van der Waals surface area (Å²) in [7, 11) is 0. The van der Waals surface area contributed by atoms with E-state index in [9.17, 15) is 14.0 Å². The van der Waals surface area contributed by atoms with Crippen molar-refractivity contribution in [2.24, 2.45) is 0 Å². The smallest absolute Gasteiger partial charge is 0.287 e. The van der Waals surface area contributed by atoms with E-state index in [1.165, 1.54) is 24.4 Å². The molecule has 8 heteroatoms. The summed E-state index contributed by atoms with van der Waals surface area (Å²) < 4.78 is 13.8. The highest BCUT2D eigenvalue weighted by Gasteiger charge is 2.11. The highest BCUT2D eigenvalue weighted by molar-refractivity contribution is 6.41. The second-order valence-corrected chi connectivity index (χ2v) is 4.61.